The number of halogens is 2. The molecule has 1 aliphatic rings. The van der Waals surface area contributed by atoms with Gasteiger partial charge >= 0.3 is 0 Å². The second-order valence-corrected chi connectivity index (χ2v) is 6.75. The smallest absolute Gasteiger partial charge is 0.140 e. The van der Waals surface area contributed by atoms with Gasteiger partial charge in [-0.2, -0.15) is 0 Å². The van der Waals surface area contributed by atoms with E-state index in [1.165, 1.54) is 32.5 Å². The lowest BCUT2D eigenvalue weighted by atomic mass is 10.1. The van der Waals surface area contributed by atoms with Gasteiger partial charge in [-0.25, -0.2) is 4.98 Å². The van der Waals surface area contributed by atoms with Crippen LogP contribution >= 0.6 is 31.9 Å². The first-order valence-corrected chi connectivity index (χ1v) is 8.01. The molecule has 1 fully saturated rings. The van der Waals surface area contributed by atoms with Crippen molar-refractivity contribution in [1.82, 2.24) is 9.88 Å². The van der Waals surface area contributed by atoms with Gasteiger partial charge in [-0.15, -0.1) is 0 Å². The maximum Gasteiger partial charge on any atom is 0.140 e. The average Bonchev–Trinajstić information content (AvgIpc) is 2.80. The van der Waals surface area contributed by atoms with Gasteiger partial charge in [0.1, 0.15) is 5.82 Å². The van der Waals surface area contributed by atoms with Crippen LogP contribution in [0, 0.1) is 5.92 Å². The molecule has 1 N–H and O–H groups in total. The lowest BCUT2D eigenvalue weighted by molar-refractivity contribution is 0.294. The highest BCUT2D eigenvalue weighted by Gasteiger charge is 2.14. The zero-order chi connectivity index (χ0) is 13.0. The Labute approximate surface area is 126 Å². The van der Waals surface area contributed by atoms with Gasteiger partial charge in [0.15, 0.2) is 0 Å². The second kappa shape index (κ2) is 6.87. The van der Waals surface area contributed by atoms with E-state index in [1.807, 2.05) is 12.3 Å². The highest BCUT2D eigenvalue weighted by molar-refractivity contribution is 9.11. The van der Waals surface area contributed by atoms with Crippen LogP contribution in [-0.4, -0.2) is 36.1 Å². The molecule has 0 radical (unpaired) electrons. The van der Waals surface area contributed by atoms with Crippen molar-refractivity contribution in [2.45, 2.75) is 19.8 Å². The fourth-order valence-electron chi connectivity index (χ4n) is 2.29. The maximum absolute atomic E-state index is 4.36. The van der Waals surface area contributed by atoms with Gasteiger partial charge in [0.05, 0.1) is 4.47 Å². The van der Waals surface area contributed by atoms with Crippen molar-refractivity contribution in [3.8, 4) is 0 Å². The summed E-state index contributed by atoms with van der Waals surface area (Å²) in [7, 11) is 0. The number of anilines is 1. The van der Waals surface area contributed by atoms with Crippen LogP contribution in [0.1, 0.15) is 19.8 Å². The third-order valence-corrected chi connectivity index (χ3v) is 4.23. The molecule has 0 saturated carbocycles. The number of nitrogens with one attached hydrogen (secondary N) is 1. The number of rotatable bonds is 5. The minimum Gasteiger partial charge on any atom is -0.369 e. The summed E-state index contributed by atoms with van der Waals surface area (Å²) in [6.45, 7) is 6.97. The summed E-state index contributed by atoms with van der Waals surface area (Å²) in [4.78, 5) is 6.92. The van der Waals surface area contributed by atoms with E-state index in [9.17, 15) is 0 Å². The summed E-state index contributed by atoms with van der Waals surface area (Å²) in [6.07, 6.45) is 4.54. The van der Waals surface area contributed by atoms with Crippen molar-refractivity contribution in [1.29, 1.82) is 0 Å². The first-order chi connectivity index (χ1) is 8.65. The molecule has 1 aromatic heterocycles. The quantitative estimate of drug-likeness (QED) is 0.848. The highest BCUT2D eigenvalue weighted by atomic mass is 79.9. The van der Waals surface area contributed by atoms with Crippen molar-refractivity contribution < 1.29 is 0 Å². The van der Waals surface area contributed by atoms with E-state index in [0.29, 0.717) is 5.92 Å². The molecule has 18 heavy (non-hydrogen) atoms. The van der Waals surface area contributed by atoms with Crippen molar-refractivity contribution >= 4 is 37.7 Å². The third-order valence-electron chi connectivity index (χ3n) is 3.19. The van der Waals surface area contributed by atoms with Crippen molar-refractivity contribution in [2.75, 3.05) is 31.5 Å². The molecule has 2 rings (SSSR count). The molecule has 1 aromatic rings. The molecule has 100 valence electrons. The summed E-state index contributed by atoms with van der Waals surface area (Å²) >= 11 is 6.93. The molecule has 2 heterocycles. The summed E-state index contributed by atoms with van der Waals surface area (Å²) in [5, 5.41) is 3.41. The topological polar surface area (TPSA) is 28.2 Å². The van der Waals surface area contributed by atoms with Crippen LogP contribution in [0.4, 0.5) is 5.82 Å². The van der Waals surface area contributed by atoms with Gasteiger partial charge in [-0.3, -0.25) is 0 Å². The SMILES string of the molecule is CC(CNc1ncc(Br)cc1Br)CN1CCCC1. The lowest BCUT2D eigenvalue weighted by Crippen LogP contribution is -2.29. The first kappa shape index (κ1) is 14.3. The fraction of sp³-hybridized carbons (Fsp3) is 0.615. The van der Waals surface area contributed by atoms with E-state index in [4.69, 9.17) is 0 Å². The zero-order valence-electron chi connectivity index (χ0n) is 10.6. The van der Waals surface area contributed by atoms with E-state index in [-0.39, 0.29) is 0 Å². The summed E-state index contributed by atoms with van der Waals surface area (Å²) < 4.78 is 2.00. The molecular formula is C13H19Br2N3. The summed E-state index contributed by atoms with van der Waals surface area (Å²) in [6, 6.07) is 2.01. The van der Waals surface area contributed by atoms with Crippen LogP contribution < -0.4 is 5.32 Å². The van der Waals surface area contributed by atoms with Gasteiger partial charge in [0.25, 0.3) is 0 Å². The molecule has 0 aromatic carbocycles. The first-order valence-electron chi connectivity index (χ1n) is 6.42. The fourth-order valence-corrected chi connectivity index (χ4v) is 3.41. The summed E-state index contributed by atoms with van der Waals surface area (Å²) in [5.74, 6) is 1.56. The number of likely N-dealkylation sites (tertiary alicyclic amines) is 1. The number of hydrogen-bond acceptors (Lipinski definition) is 3. The Balaban J connectivity index is 1.79. The van der Waals surface area contributed by atoms with Crippen LogP contribution in [0.2, 0.25) is 0 Å². The van der Waals surface area contributed by atoms with Gasteiger partial charge in [-0.05, 0) is 69.8 Å². The Morgan fingerprint density at radius 3 is 2.78 bits per heavy atom. The van der Waals surface area contributed by atoms with Crippen LogP contribution in [0.3, 0.4) is 0 Å². The molecular weight excluding hydrogens is 358 g/mol. The molecule has 3 nitrogen and oxygen atoms in total. The predicted octanol–water partition coefficient (Wildman–Crippen LogP) is 3.75. The molecule has 0 aliphatic carbocycles. The molecule has 0 amide bonds. The molecule has 0 bridgehead atoms. The normalized spacial score (nSPS) is 17.9. The predicted molar refractivity (Wildman–Crippen MR) is 83.0 cm³/mol. The van der Waals surface area contributed by atoms with Crippen molar-refractivity contribution in [3.63, 3.8) is 0 Å². The number of aromatic nitrogens is 1. The standard InChI is InChI=1S/C13H19Br2N3/c1-10(9-18-4-2-3-5-18)7-16-13-12(15)6-11(14)8-17-13/h6,8,10H,2-5,7,9H2,1H3,(H,16,17). The second-order valence-electron chi connectivity index (χ2n) is 4.98. The molecule has 1 atom stereocenters. The molecule has 1 unspecified atom stereocenters. The Kier molecular flexibility index (Phi) is 5.45. The lowest BCUT2D eigenvalue weighted by Gasteiger charge is -2.20. The molecule has 1 aliphatic heterocycles. The Morgan fingerprint density at radius 2 is 2.11 bits per heavy atom. The largest absolute Gasteiger partial charge is 0.369 e. The average molecular weight is 377 g/mol. The van der Waals surface area contributed by atoms with Crippen LogP contribution in [0.5, 0.6) is 0 Å². The Hall–Kier alpha value is -0.130. The van der Waals surface area contributed by atoms with E-state index in [0.717, 1.165) is 21.3 Å². The van der Waals surface area contributed by atoms with E-state index >= 15 is 0 Å². The highest BCUT2D eigenvalue weighted by Crippen LogP contribution is 2.23. The third kappa shape index (κ3) is 4.21. The van der Waals surface area contributed by atoms with Gasteiger partial charge in [0.2, 0.25) is 0 Å². The van der Waals surface area contributed by atoms with E-state index in [1.54, 1.807) is 0 Å². The van der Waals surface area contributed by atoms with Crippen LogP contribution in [-0.2, 0) is 0 Å². The number of hydrogen-bond donors (Lipinski definition) is 1. The van der Waals surface area contributed by atoms with Crippen LogP contribution in [0.25, 0.3) is 0 Å². The molecule has 0 spiro atoms. The molecule has 1 saturated heterocycles. The van der Waals surface area contributed by atoms with Gasteiger partial charge in [0, 0.05) is 23.8 Å². The Bertz CT molecular complexity index is 392. The van der Waals surface area contributed by atoms with Gasteiger partial charge in [-0.1, -0.05) is 6.92 Å². The monoisotopic (exact) mass is 375 g/mol. The van der Waals surface area contributed by atoms with Gasteiger partial charge < -0.3 is 10.2 Å². The number of pyridine rings is 1. The van der Waals surface area contributed by atoms with Crippen LogP contribution in [0.15, 0.2) is 21.2 Å². The zero-order valence-corrected chi connectivity index (χ0v) is 13.8. The summed E-state index contributed by atoms with van der Waals surface area (Å²) in [5.41, 5.74) is 0. The number of nitrogens with zero attached hydrogens (tertiary/aromatic N) is 2. The maximum atomic E-state index is 4.36. The van der Waals surface area contributed by atoms with Crippen molar-refractivity contribution in [3.05, 3.63) is 21.2 Å². The Morgan fingerprint density at radius 1 is 1.39 bits per heavy atom. The van der Waals surface area contributed by atoms with E-state index < -0.39 is 0 Å². The van der Waals surface area contributed by atoms with Crippen molar-refractivity contribution in [2.24, 2.45) is 5.92 Å². The van der Waals surface area contributed by atoms with E-state index in [2.05, 4.69) is 54.0 Å². The minimum absolute atomic E-state index is 0.639. The molecule has 5 heteroatoms. The minimum atomic E-state index is 0.639.